The summed E-state index contributed by atoms with van der Waals surface area (Å²) in [5.41, 5.74) is -0.0567. The van der Waals surface area contributed by atoms with Gasteiger partial charge in [-0.3, -0.25) is 9.59 Å². The van der Waals surface area contributed by atoms with Gasteiger partial charge in [0.05, 0.1) is 15.7 Å². The fraction of sp³-hybridized carbons (Fsp3) is 0.385. The highest BCUT2D eigenvalue weighted by molar-refractivity contribution is 6.39. The van der Waals surface area contributed by atoms with Crippen LogP contribution in [0.4, 0.5) is 5.69 Å². The van der Waals surface area contributed by atoms with Gasteiger partial charge >= 0.3 is 0 Å². The molecule has 0 aliphatic carbocycles. The van der Waals surface area contributed by atoms with Gasteiger partial charge in [0, 0.05) is 5.54 Å². The molecule has 0 saturated carbocycles. The largest absolute Gasteiger partial charge is 0.351 e. The summed E-state index contributed by atoms with van der Waals surface area (Å²) >= 11 is 11.8. The normalized spacial score (nSPS) is 11.0. The van der Waals surface area contributed by atoms with Crippen LogP contribution in [-0.4, -0.2) is 17.4 Å². The van der Waals surface area contributed by atoms with Gasteiger partial charge in [0.25, 0.3) is 0 Å². The van der Waals surface area contributed by atoms with Crippen molar-refractivity contribution < 1.29 is 9.59 Å². The molecule has 19 heavy (non-hydrogen) atoms. The monoisotopic (exact) mass is 302 g/mol. The minimum absolute atomic E-state index is 0.279. The topological polar surface area (TPSA) is 58.2 Å². The predicted octanol–water partition coefficient (Wildman–Crippen LogP) is 3.24. The number of benzene rings is 1. The lowest BCUT2D eigenvalue weighted by atomic mass is 10.1. The maximum absolute atomic E-state index is 11.7. The molecular weight excluding hydrogens is 287 g/mol. The summed E-state index contributed by atoms with van der Waals surface area (Å²) in [5.74, 6) is -0.815. The highest BCUT2D eigenvalue weighted by atomic mass is 35.5. The molecule has 2 amide bonds. The van der Waals surface area contributed by atoms with Crippen LogP contribution in [0.5, 0.6) is 0 Å². The molecular formula is C13H16Cl2N2O2. The number of anilines is 1. The van der Waals surface area contributed by atoms with Crippen molar-refractivity contribution in [3.8, 4) is 0 Å². The number of hydrogen-bond acceptors (Lipinski definition) is 2. The summed E-state index contributed by atoms with van der Waals surface area (Å²) in [7, 11) is 0. The first-order valence-electron chi connectivity index (χ1n) is 5.74. The second kappa shape index (κ2) is 6.26. The van der Waals surface area contributed by atoms with Crippen LogP contribution in [0.3, 0.4) is 0 Å². The van der Waals surface area contributed by atoms with Gasteiger partial charge in [-0.25, -0.2) is 0 Å². The first-order chi connectivity index (χ1) is 8.69. The number of amides is 2. The molecule has 6 heteroatoms. The molecule has 1 rings (SSSR count). The van der Waals surface area contributed by atoms with E-state index in [1.54, 1.807) is 18.2 Å². The summed E-state index contributed by atoms with van der Waals surface area (Å²) in [6, 6.07) is 4.89. The molecule has 0 radical (unpaired) electrons. The Hall–Kier alpha value is -1.26. The smallest absolute Gasteiger partial charge is 0.233 e. The van der Waals surface area contributed by atoms with Crippen molar-refractivity contribution in [1.29, 1.82) is 0 Å². The summed E-state index contributed by atoms with van der Waals surface area (Å²) in [6.07, 6.45) is -0.279. The van der Waals surface area contributed by atoms with E-state index in [1.807, 2.05) is 20.8 Å². The molecule has 2 N–H and O–H groups in total. The van der Waals surface area contributed by atoms with E-state index in [0.717, 1.165) is 0 Å². The molecule has 1 aromatic rings. The molecule has 0 aliphatic rings. The van der Waals surface area contributed by atoms with Crippen molar-refractivity contribution in [3.05, 3.63) is 28.2 Å². The number of carbonyl (C=O) groups is 2. The summed E-state index contributed by atoms with van der Waals surface area (Å²) < 4.78 is 0. The highest BCUT2D eigenvalue weighted by Crippen LogP contribution is 2.29. The molecule has 0 atom stereocenters. The van der Waals surface area contributed by atoms with Crippen LogP contribution in [0.25, 0.3) is 0 Å². The number of nitrogens with one attached hydrogen (secondary N) is 2. The average molecular weight is 303 g/mol. The number of hydrogen-bond donors (Lipinski definition) is 2. The Labute approximate surface area is 122 Å². The Morgan fingerprint density at radius 2 is 1.63 bits per heavy atom. The third kappa shape index (κ3) is 5.49. The lowest BCUT2D eigenvalue weighted by Crippen LogP contribution is -2.41. The van der Waals surface area contributed by atoms with Crippen LogP contribution in [0.2, 0.25) is 10.0 Å². The SMILES string of the molecule is CC(C)(C)NC(=O)CC(=O)Nc1c(Cl)cccc1Cl. The van der Waals surface area contributed by atoms with Crippen LogP contribution in [-0.2, 0) is 9.59 Å². The lowest BCUT2D eigenvalue weighted by molar-refractivity contribution is -0.127. The van der Waals surface area contributed by atoms with Crippen molar-refractivity contribution in [3.63, 3.8) is 0 Å². The maximum atomic E-state index is 11.7. The highest BCUT2D eigenvalue weighted by Gasteiger charge is 2.17. The summed E-state index contributed by atoms with van der Waals surface area (Å²) in [6.45, 7) is 5.52. The second-order valence-corrected chi connectivity index (χ2v) is 5.93. The van der Waals surface area contributed by atoms with Gasteiger partial charge in [-0.05, 0) is 32.9 Å². The first-order valence-corrected chi connectivity index (χ1v) is 6.49. The Kier molecular flexibility index (Phi) is 5.20. The van der Waals surface area contributed by atoms with E-state index in [-0.39, 0.29) is 17.9 Å². The molecule has 0 heterocycles. The Morgan fingerprint density at radius 1 is 1.11 bits per heavy atom. The van der Waals surface area contributed by atoms with Gasteiger partial charge in [-0.1, -0.05) is 29.3 Å². The number of halogens is 2. The molecule has 104 valence electrons. The molecule has 0 fully saturated rings. The molecule has 0 bridgehead atoms. The molecule has 1 aromatic carbocycles. The second-order valence-electron chi connectivity index (χ2n) is 5.12. The number of rotatable bonds is 3. The van der Waals surface area contributed by atoms with E-state index < -0.39 is 5.91 Å². The van der Waals surface area contributed by atoms with Crippen molar-refractivity contribution >= 4 is 40.7 Å². The van der Waals surface area contributed by atoms with Gasteiger partial charge in [0.1, 0.15) is 6.42 Å². The van der Waals surface area contributed by atoms with Crippen LogP contribution >= 0.6 is 23.2 Å². The van der Waals surface area contributed by atoms with Gasteiger partial charge in [0.15, 0.2) is 0 Å². The molecule has 0 spiro atoms. The zero-order chi connectivity index (χ0) is 14.6. The molecule has 0 unspecified atom stereocenters. The maximum Gasteiger partial charge on any atom is 0.233 e. The van der Waals surface area contributed by atoms with Crippen LogP contribution < -0.4 is 10.6 Å². The van der Waals surface area contributed by atoms with Crippen LogP contribution in [0.1, 0.15) is 27.2 Å². The zero-order valence-corrected chi connectivity index (χ0v) is 12.5. The molecule has 4 nitrogen and oxygen atoms in total. The van der Waals surface area contributed by atoms with E-state index in [9.17, 15) is 9.59 Å². The molecule has 0 saturated heterocycles. The van der Waals surface area contributed by atoms with Gasteiger partial charge in [-0.2, -0.15) is 0 Å². The minimum Gasteiger partial charge on any atom is -0.351 e. The summed E-state index contributed by atoms with van der Waals surface area (Å²) in [4.78, 5) is 23.3. The van der Waals surface area contributed by atoms with E-state index in [1.165, 1.54) is 0 Å². The van der Waals surface area contributed by atoms with E-state index in [4.69, 9.17) is 23.2 Å². The quantitative estimate of drug-likeness (QED) is 0.842. The number of para-hydroxylation sites is 1. The van der Waals surface area contributed by atoms with E-state index in [2.05, 4.69) is 10.6 Å². The van der Waals surface area contributed by atoms with Gasteiger partial charge in [-0.15, -0.1) is 0 Å². The Bertz CT molecular complexity index is 476. The fourth-order valence-corrected chi connectivity index (χ4v) is 1.90. The first kappa shape index (κ1) is 15.8. The van der Waals surface area contributed by atoms with E-state index >= 15 is 0 Å². The third-order valence-corrected chi connectivity index (χ3v) is 2.69. The zero-order valence-electron chi connectivity index (χ0n) is 11.0. The van der Waals surface area contributed by atoms with Gasteiger partial charge in [0.2, 0.25) is 11.8 Å². The summed E-state index contributed by atoms with van der Waals surface area (Å²) in [5, 5.41) is 5.89. The van der Waals surface area contributed by atoms with Crippen LogP contribution in [0, 0.1) is 0 Å². The van der Waals surface area contributed by atoms with Crippen molar-refractivity contribution in [1.82, 2.24) is 5.32 Å². The van der Waals surface area contributed by atoms with Crippen LogP contribution in [0.15, 0.2) is 18.2 Å². The standard InChI is InChI=1S/C13H16Cl2N2O2/c1-13(2,3)17-11(19)7-10(18)16-12-8(14)5-4-6-9(12)15/h4-6H,7H2,1-3H3,(H,16,18)(H,17,19). The Morgan fingerprint density at radius 3 is 2.11 bits per heavy atom. The molecule has 0 aliphatic heterocycles. The third-order valence-electron chi connectivity index (χ3n) is 2.06. The fourth-order valence-electron chi connectivity index (χ4n) is 1.41. The Balaban J connectivity index is 2.64. The predicted molar refractivity (Wildman–Crippen MR) is 77.6 cm³/mol. The minimum atomic E-state index is -0.461. The average Bonchev–Trinajstić information content (AvgIpc) is 2.20. The number of carbonyl (C=O) groups excluding carboxylic acids is 2. The van der Waals surface area contributed by atoms with E-state index in [0.29, 0.717) is 15.7 Å². The van der Waals surface area contributed by atoms with Crippen molar-refractivity contribution in [2.24, 2.45) is 0 Å². The van der Waals surface area contributed by atoms with Gasteiger partial charge < -0.3 is 10.6 Å². The van der Waals surface area contributed by atoms with Crippen molar-refractivity contribution in [2.45, 2.75) is 32.7 Å². The molecule has 0 aromatic heterocycles. The van der Waals surface area contributed by atoms with Crippen molar-refractivity contribution in [2.75, 3.05) is 5.32 Å². The lowest BCUT2D eigenvalue weighted by Gasteiger charge is -2.20.